The third-order valence-electron chi connectivity index (χ3n) is 3.27. The molecule has 4 N–H and O–H groups in total. The lowest BCUT2D eigenvalue weighted by Crippen LogP contribution is -2.23. The maximum absolute atomic E-state index is 12.1. The Morgan fingerprint density at radius 3 is 2.43 bits per heavy atom. The summed E-state index contributed by atoms with van der Waals surface area (Å²) in [6.07, 6.45) is 1.00. The monoisotopic (exact) mass is 283 g/mol. The van der Waals surface area contributed by atoms with E-state index in [1.165, 1.54) is 5.56 Å². The minimum absolute atomic E-state index is 0.106. The number of carbonyl (C=O) groups excluding carboxylic acids is 1. The number of hydrogen-bond donors (Lipinski definition) is 3. The van der Waals surface area contributed by atoms with Gasteiger partial charge in [-0.05, 0) is 49.2 Å². The fraction of sp³-hybridized carbons (Fsp3) is 0.235. The van der Waals surface area contributed by atoms with Crippen LogP contribution in [0.4, 0.5) is 17.1 Å². The normalized spacial score (nSPS) is 10.2. The molecule has 0 aliphatic heterocycles. The third kappa shape index (κ3) is 3.75. The molecule has 0 heterocycles. The second-order valence-corrected chi connectivity index (χ2v) is 4.84. The first-order valence-corrected chi connectivity index (χ1v) is 7.17. The van der Waals surface area contributed by atoms with Crippen molar-refractivity contribution in [2.45, 2.75) is 20.3 Å². The Bertz CT molecular complexity index is 620. The number of amides is 1. The minimum Gasteiger partial charge on any atom is -0.399 e. The molecule has 110 valence electrons. The smallest absolute Gasteiger partial charge is 0.253 e. The summed E-state index contributed by atoms with van der Waals surface area (Å²) in [5, 5.41) is 6.07. The Balaban J connectivity index is 2.28. The van der Waals surface area contributed by atoms with Crippen LogP contribution in [-0.2, 0) is 6.42 Å². The molecule has 4 nitrogen and oxygen atoms in total. The molecule has 0 atom stereocenters. The van der Waals surface area contributed by atoms with Gasteiger partial charge in [-0.3, -0.25) is 4.79 Å². The summed E-state index contributed by atoms with van der Waals surface area (Å²) < 4.78 is 0. The number of anilines is 3. The number of aryl methyl sites for hydroxylation is 1. The molecule has 0 fully saturated rings. The Morgan fingerprint density at radius 2 is 1.81 bits per heavy atom. The van der Waals surface area contributed by atoms with Crippen LogP contribution in [0.25, 0.3) is 0 Å². The molecule has 2 aromatic rings. The maximum Gasteiger partial charge on any atom is 0.253 e. The van der Waals surface area contributed by atoms with E-state index >= 15 is 0 Å². The fourth-order valence-corrected chi connectivity index (χ4v) is 2.10. The molecular weight excluding hydrogens is 262 g/mol. The summed E-state index contributed by atoms with van der Waals surface area (Å²) in [5.74, 6) is -0.106. The van der Waals surface area contributed by atoms with Gasteiger partial charge >= 0.3 is 0 Å². The van der Waals surface area contributed by atoms with Gasteiger partial charge in [0.15, 0.2) is 0 Å². The van der Waals surface area contributed by atoms with E-state index in [9.17, 15) is 4.79 Å². The second-order valence-electron chi connectivity index (χ2n) is 4.84. The number of nitrogen functional groups attached to an aromatic ring is 1. The van der Waals surface area contributed by atoms with Gasteiger partial charge in [0.05, 0.1) is 11.3 Å². The summed E-state index contributed by atoms with van der Waals surface area (Å²) >= 11 is 0. The van der Waals surface area contributed by atoms with Gasteiger partial charge < -0.3 is 16.4 Å². The number of nitrogens with two attached hydrogens (primary N) is 1. The summed E-state index contributed by atoms with van der Waals surface area (Å²) in [4.78, 5) is 12.1. The lowest BCUT2D eigenvalue weighted by atomic mass is 10.1. The van der Waals surface area contributed by atoms with Crippen LogP contribution in [0, 0.1) is 0 Å². The van der Waals surface area contributed by atoms with Gasteiger partial charge in [-0.1, -0.05) is 19.1 Å². The SMILES string of the molecule is CCNC(=O)c1ccc(N)cc1Nc1ccc(CC)cc1. The number of carbonyl (C=O) groups is 1. The van der Waals surface area contributed by atoms with Crippen molar-refractivity contribution in [3.63, 3.8) is 0 Å². The van der Waals surface area contributed by atoms with Crippen molar-refractivity contribution < 1.29 is 4.79 Å². The van der Waals surface area contributed by atoms with Crippen molar-refractivity contribution >= 4 is 23.0 Å². The van der Waals surface area contributed by atoms with Gasteiger partial charge in [-0.25, -0.2) is 0 Å². The first-order valence-electron chi connectivity index (χ1n) is 7.17. The van der Waals surface area contributed by atoms with E-state index in [1.807, 2.05) is 19.1 Å². The molecular formula is C17H21N3O. The Kier molecular flexibility index (Phi) is 4.82. The molecule has 0 aliphatic rings. The van der Waals surface area contributed by atoms with E-state index in [-0.39, 0.29) is 5.91 Å². The summed E-state index contributed by atoms with van der Waals surface area (Å²) in [6, 6.07) is 13.4. The molecule has 0 aromatic heterocycles. The number of hydrogen-bond acceptors (Lipinski definition) is 3. The van der Waals surface area contributed by atoms with Crippen LogP contribution in [0.2, 0.25) is 0 Å². The topological polar surface area (TPSA) is 67.2 Å². The molecule has 2 rings (SSSR count). The molecule has 0 bridgehead atoms. The van der Waals surface area contributed by atoms with Gasteiger partial charge in [0.1, 0.15) is 0 Å². The molecule has 0 unspecified atom stereocenters. The predicted octanol–water partition coefficient (Wildman–Crippen LogP) is 3.32. The molecule has 21 heavy (non-hydrogen) atoms. The molecule has 1 amide bonds. The van der Waals surface area contributed by atoms with Crippen molar-refractivity contribution in [1.29, 1.82) is 0 Å². The van der Waals surface area contributed by atoms with Crippen molar-refractivity contribution in [1.82, 2.24) is 5.32 Å². The zero-order valence-electron chi connectivity index (χ0n) is 12.4. The highest BCUT2D eigenvalue weighted by atomic mass is 16.1. The number of benzene rings is 2. The molecule has 0 radical (unpaired) electrons. The van der Waals surface area contributed by atoms with Crippen LogP contribution in [0.3, 0.4) is 0 Å². The first-order chi connectivity index (χ1) is 10.1. The molecule has 4 heteroatoms. The van der Waals surface area contributed by atoms with Crippen LogP contribution in [-0.4, -0.2) is 12.5 Å². The Labute approximate surface area is 125 Å². The Hall–Kier alpha value is -2.49. The minimum atomic E-state index is -0.106. The maximum atomic E-state index is 12.1. The average molecular weight is 283 g/mol. The highest BCUT2D eigenvalue weighted by Crippen LogP contribution is 2.24. The molecule has 0 saturated carbocycles. The molecule has 0 spiro atoms. The number of nitrogens with one attached hydrogen (secondary N) is 2. The van der Waals surface area contributed by atoms with Gasteiger partial charge in [-0.15, -0.1) is 0 Å². The summed E-state index contributed by atoms with van der Waals surface area (Å²) in [5.41, 5.74) is 9.96. The number of rotatable bonds is 5. The highest BCUT2D eigenvalue weighted by molar-refractivity contribution is 6.00. The van der Waals surface area contributed by atoms with E-state index in [0.29, 0.717) is 23.5 Å². The lowest BCUT2D eigenvalue weighted by molar-refractivity contribution is 0.0956. The zero-order valence-corrected chi connectivity index (χ0v) is 12.4. The van der Waals surface area contributed by atoms with Gasteiger partial charge in [0.2, 0.25) is 0 Å². The van der Waals surface area contributed by atoms with Crippen LogP contribution in [0.5, 0.6) is 0 Å². The van der Waals surface area contributed by atoms with Crippen LogP contribution in [0.15, 0.2) is 42.5 Å². The van der Waals surface area contributed by atoms with E-state index in [1.54, 1.807) is 18.2 Å². The molecule has 0 saturated heterocycles. The summed E-state index contributed by atoms with van der Waals surface area (Å²) in [6.45, 7) is 4.60. The molecule has 2 aromatic carbocycles. The fourth-order valence-electron chi connectivity index (χ4n) is 2.10. The molecule has 0 aliphatic carbocycles. The van der Waals surface area contributed by atoms with E-state index in [4.69, 9.17) is 5.73 Å². The predicted molar refractivity (Wildman–Crippen MR) is 88.0 cm³/mol. The second kappa shape index (κ2) is 6.79. The summed E-state index contributed by atoms with van der Waals surface area (Å²) in [7, 11) is 0. The Morgan fingerprint density at radius 1 is 1.10 bits per heavy atom. The van der Waals surface area contributed by atoms with Crippen molar-refractivity contribution in [3.8, 4) is 0 Å². The first kappa shape index (κ1) is 14.9. The van der Waals surface area contributed by atoms with Gasteiger partial charge in [-0.2, -0.15) is 0 Å². The third-order valence-corrected chi connectivity index (χ3v) is 3.27. The van der Waals surface area contributed by atoms with E-state index in [0.717, 1.165) is 12.1 Å². The van der Waals surface area contributed by atoms with Crippen molar-refractivity contribution in [2.24, 2.45) is 0 Å². The zero-order chi connectivity index (χ0) is 15.2. The van der Waals surface area contributed by atoms with Crippen molar-refractivity contribution in [3.05, 3.63) is 53.6 Å². The average Bonchev–Trinajstić information content (AvgIpc) is 2.48. The van der Waals surface area contributed by atoms with Crippen LogP contribution >= 0.6 is 0 Å². The van der Waals surface area contributed by atoms with Crippen molar-refractivity contribution in [2.75, 3.05) is 17.6 Å². The highest BCUT2D eigenvalue weighted by Gasteiger charge is 2.11. The van der Waals surface area contributed by atoms with E-state index < -0.39 is 0 Å². The largest absolute Gasteiger partial charge is 0.399 e. The van der Waals surface area contributed by atoms with Crippen LogP contribution in [0.1, 0.15) is 29.8 Å². The lowest BCUT2D eigenvalue weighted by Gasteiger charge is -2.13. The van der Waals surface area contributed by atoms with Gasteiger partial charge in [0.25, 0.3) is 5.91 Å². The quantitative estimate of drug-likeness (QED) is 0.737. The van der Waals surface area contributed by atoms with Crippen LogP contribution < -0.4 is 16.4 Å². The van der Waals surface area contributed by atoms with Gasteiger partial charge in [0, 0.05) is 17.9 Å². The van der Waals surface area contributed by atoms with E-state index in [2.05, 4.69) is 29.7 Å². The standard InChI is InChI=1S/C17H21N3O/c1-3-12-5-8-14(9-6-12)20-16-11-13(18)7-10-15(16)17(21)19-4-2/h5-11,20H,3-4,18H2,1-2H3,(H,19,21).